The Morgan fingerprint density at radius 2 is 1.90 bits per heavy atom. The summed E-state index contributed by atoms with van der Waals surface area (Å²) in [6.45, 7) is 4.05. The molecule has 3 aromatic heterocycles. The van der Waals surface area contributed by atoms with Crippen molar-refractivity contribution in [2.75, 3.05) is 5.32 Å². The van der Waals surface area contributed by atoms with Crippen LogP contribution in [0.5, 0.6) is 0 Å². The van der Waals surface area contributed by atoms with E-state index in [9.17, 15) is 0 Å². The first-order valence-corrected chi connectivity index (χ1v) is 10.6. The second kappa shape index (κ2) is 7.72. The first kappa shape index (κ1) is 18.5. The molecule has 0 saturated carbocycles. The van der Waals surface area contributed by atoms with Gasteiger partial charge in [-0.05, 0) is 49.2 Å². The molecule has 0 aliphatic heterocycles. The highest BCUT2D eigenvalue weighted by Crippen LogP contribution is 2.28. The van der Waals surface area contributed by atoms with E-state index in [0.717, 1.165) is 44.2 Å². The van der Waals surface area contributed by atoms with Crippen LogP contribution in [0.15, 0.2) is 77.1 Å². The highest BCUT2D eigenvalue weighted by molar-refractivity contribution is 7.16. The van der Waals surface area contributed by atoms with Gasteiger partial charge in [-0.2, -0.15) is 0 Å². The molecule has 0 amide bonds. The van der Waals surface area contributed by atoms with Gasteiger partial charge in [0.05, 0.1) is 33.9 Å². The Morgan fingerprint density at radius 1 is 0.967 bits per heavy atom. The van der Waals surface area contributed by atoms with Crippen LogP contribution in [0, 0.1) is 6.92 Å². The summed E-state index contributed by atoms with van der Waals surface area (Å²) in [5, 5.41) is 3.53. The van der Waals surface area contributed by atoms with E-state index in [1.807, 2.05) is 30.6 Å². The molecule has 5 nitrogen and oxygen atoms in total. The zero-order valence-corrected chi connectivity index (χ0v) is 17.5. The Kier molecular flexibility index (Phi) is 4.77. The van der Waals surface area contributed by atoms with E-state index >= 15 is 0 Å². The van der Waals surface area contributed by atoms with Crippen molar-refractivity contribution in [1.82, 2.24) is 15.0 Å². The highest BCUT2D eigenvalue weighted by atomic mass is 32.1. The molecule has 0 aliphatic carbocycles. The minimum atomic E-state index is 0.0861. The van der Waals surface area contributed by atoms with E-state index in [1.165, 1.54) is 5.56 Å². The number of nitrogens with zero attached hydrogens (tertiary/aromatic N) is 3. The molecule has 148 valence electrons. The van der Waals surface area contributed by atoms with Gasteiger partial charge in [-0.3, -0.25) is 0 Å². The van der Waals surface area contributed by atoms with E-state index < -0.39 is 0 Å². The van der Waals surface area contributed by atoms with Crippen molar-refractivity contribution < 1.29 is 4.42 Å². The molecule has 2 aromatic carbocycles. The number of rotatable bonds is 5. The van der Waals surface area contributed by atoms with E-state index in [-0.39, 0.29) is 6.04 Å². The van der Waals surface area contributed by atoms with Gasteiger partial charge in [0.1, 0.15) is 11.6 Å². The molecule has 0 bridgehead atoms. The fourth-order valence-corrected chi connectivity index (χ4v) is 4.24. The van der Waals surface area contributed by atoms with Crippen molar-refractivity contribution in [3.8, 4) is 22.4 Å². The Bertz CT molecular complexity index is 1310. The number of thiazole rings is 1. The number of furan rings is 1. The summed E-state index contributed by atoms with van der Waals surface area (Å²) in [6.07, 6.45) is 3.45. The third-order valence-electron chi connectivity index (χ3n) is 5.07. The summed E-state index contributed by atoms with van der Waals surface area (Å²) < 4.78 is 6.37. The molecule has 1 atom stereocenters. The number of fused-ring (bicyclic) bond motifs is 1. The first-order valence-electron chi connectivity index (χ1n) is 9.74. The molecule has 1 N–H and O–H groups in total. The fraction of sp³-hybridized carbons (Fsp3) is 0.125. The number of aromatic nitrogens is 3. The van der Waals surface area contributed by atoms with Crippen LogP contribution in [0.25, 0.3) is 32.6 Å². The SMILES string of the molecule is Cc1nc(NC(C)c2cccc(-c3ccoc3)c2)cc(-c2ccc3ncsc3c2)n1. The standard InChI is InChI=1S/C24H20N4OS/c1-15(17-4-3-5-18(10-17)20-8-9-29-13-20)26-24-12-22(27-16(2)28-24)19-6-7-21-23(11-19)30-14-25-21/h3-15H,1-2H3,(H,26,27,28). The third kappa shape index (κ3) is 3.69. The molecule has 5 rings (SSSR count). The molecule has 0 saturated heterocycles. The minimum Gasteiger partial charge on any atom is -0.472 e. The van der Waals surface area contributed by atoms with E-state index in [1.54, 1.807) is 23.9 Å². The molecular weight excluding hydrogens is 392 g/mol. The van der Waals surface area contributed by atoms with Crippen LogP contribution in [-0.2, 0) is 0 Å². The van der Waals surface area contributed by atoms with Gasteiger partial charge in [0.25, 0.3) is 0 Å². The summed E-state index contributed by atoms with van der Waals surface area (Å²) in [4.78, 5) is 13.6. The Morgan fingerprint density at radius 3 is 2.77 bits per heavy atom. The lowest BCUT2D eigenvalue weighted by Gasteiger charge is -2.17. The summed E-state index contributed by atoms with van der Waals surface area (Å²) in [5.41, 5.74) is 8.23. The molecule has 1 unspecified atom stereocenters. The van der Waals surface area contributed by atoms with E-state index in [2.05, 4.69) is 63.6 Å². The fourth-order valence-electron chi connectivity index (χ4n) is 3.53. The molecule has 3 heterocycles. The van der Waals surface area contributed by atoms with Crippen molar-refractivity contribution in [1.29, 1.82) is 0 Å². The number of anilines is 1. The molecule has 0 spiro atoms. The van der Waals surface area contributed by atoms with Crippen LogP contribution in [0.3, 0.4) is 0 Å². The van der Waals surface area contributed by atoms with Gasteiger partial charge in [-0.25, -0.2) is 15.0 Å². The maximum atomic E-state index is 5.22. The maximum absolute atomic E-state index is 5.22. The van der Waals surface area contributed by atoms with Gasteiger partial charge in [0, 0.05) is 23.2 Å². The van der Waals surface area contributed by atoms with Crippen molar-refractivity contribution >= 4 is 27.4 Å². The number of aryl methyl sites for hydroxylation is 1. The molecule has 0 fully saturated rings. The molecule has 5 aromatic rings. The monoisotopic (exact) mass is 412 g/mol. The molecule has 0 radical (unpaired) electrons. The number of hydrogen-bond donors (Lipinski definition) is 1. The van der Waals surface area contributed by atoms with E-state index in [0.29, 0.717) is 0 Å². The zero-order chi connectivity index (χ0) is 20.5. The van der Waals surface area contributed by atoms with Gasteiger partial charge in [-0.15, -0.1) is 11.3 Å². The van der Waals surface area contributed by atoms with Crippen LogP contribution >= 0.6 is 11.3 Å². The van der Waals surface area contributed by atoms with Crippen LogP contribution in [-0.4, -0.2) is 15.0 Å². The Labute approximate surface area is 178 Å². The largest absolute Gasteiger partial charge is 0.472 e. The minimum absolute atomic E-state index is 0.0861. The van der Waals surface area contributed by atoms with Crippen LogP contribution in [0.4, 0.5) is 5.82 Å². The summed E-state index contributed by atoms with van der Waals surface area (Å²) in [7, 11) is 0. The van der Waals surface area contributed by atoms with Gasteiger partial charge < -0.3 is 9.73 Å². The highest BCUT2D eigenvalue weighted by Gasteiger charge is 2.11. The normalized spacial score (nSPS) is 12.2. The van der Waals surface area contributed by atoms with E-state index in [4.69, 9.17) is 4.42 Å². The van der Waals surface area contributed by atoms with Gasteiger partial charge in [-0.1, -0.05) is 24.3 Å². The van der Waals surface area contributed by atoms with Crippen LogP contribution in [0.2, 0.25) is 0 Å². The lowest BCUT2D eigenvalue weighted by atomic mass is 10.0. The number of benzene rings is 2. The van der Waals surface area contributed by atoms with Crippen LogP contribution < -0.4 is 5.32 Å². The van der Waals surface area contributed by atoms with Gasteiger partial charge in [0.2, 0.25) is 0 Å². The summed E-state index contributed by atoms with van der Waals surface area (Å²) in [5.74, 6) is 1.54. The summed E-state index contributed by atoms with van der Waals surface area (Å²) in [6, 6.07) is 18.7. The van der Waals surface area contributed by atoms with Gasteiger partial charge in [0.15, 0.2) is 0 Å². The summed E-state index contributed by atoms with van der Waals surface area (Å²) >= 11 is 1.64. The third-order valence-corrected chi connectivity index (χ3v) is 5.86. The second-order valence-corrected chi connectivity index (χ2v) is 8.11. The lowest BCUT2D eigenvalue weighted by Crippen LogP contribution is -2.09. The van der Waals surface area contributed by atoms with Crippen molar-refractivity contribution in [2.45, 2.75) is 19.9 Å². The maximum Gasteiger partial charge on any atom is 0.130 e. The smallest absolute Gasteiger partial charge is 0.130 e. The Balaban J connectivity index is 1.43. The molecule has 30 heavy (non-hydrogen) atoms. The number of hydrogen-bond acceptors (Lipinski definition) is 6. The molecule has 0 aliphatic rings. The van der Waals surface area contributed by atoms with Crippen molar-refractivity contribution in [3.63, 3.8) is 0 Å². The Hall–Kier alpha value is -3.51. The predicted molar refractivity (Wildman–Crippen MR) is 122 cm³/mol. The van der Waals surface area contributed by atoms with Crippen molar-refractivity contribution in [2.24, 2.45) is 0 Å². The predicted octanol–water partition coefficient (Wildman–Crippen LogP) is 6.49. The average molecular weight is 413 g/mol. The average Bonchev–Trinajstić information content (AvgIpc) is 3.45. The first-order chi connectivity index (χ1) is 14.7. The quantitative estimate of drug-likeness (QED) is 0.357. The molecule has 6 heteroatoms. The second-order valence-electron chi connectivity index (χ2n) is 7.22. The van der Waals surface area contributed by atoms with Crippen molar-refractivity contribution in [3.05, 3.63) is 84.0 Å². The zero-order valence-electron chi connectivity index (χ0n) is 16.7. The van der Waals surface area contributed by atoms with Crippen LogP contribution in [0.1, 0.15) is 24.4 Å². The van der Waals surface area contributed by atoms with Gasteiger partial charge >= 0.3 is 0 Å². The molecular formula is C24H20N4OS. The number of nitrogens with one attached hydrogen (secondary N) is 1. The lowest BCUT2D eigenvalue weighted by molar-refractivity contribution is 0.568. The topological polar surface area (TPSA) is 63.8 Å².